The number of hydrogen-bond acceptors (Lipinski definition) is 16. The van der Waals surface area contributed by atoms with Gasteiger partial charge >= 0.3 is 36.6 Å². The predicted octanol–water partition coefficient (Wildman–Crippen LogP) is 26.2. The molecule has 19 nitrogen and oxygen atoms in total. The molecule has 4 saturated heterocycles. The molecule has 0 unspecified atom stereocenters. The highest BCUT2D eigenvalue weighted by molar-refractivity contribution is 7.80. The van der Waals surface area contributed by atoms with Crippen molar-refractivity contribution in [2.75, 3.05) is 103 Å². The Labute approximate surface area is 741 Å². The van der Waals surface area contributed by atoms with Gasteiger partial charge in [-0.15, -0.1) is 0 Å². The third-order valence-corrected chi connectivity index (χ3v) is 20.6. The van der Waals surface area contributed by atoms with E-state index in [0.717, 1.165) is 184 Å². The van der Waals surface area contributed by atoms with Gasteiger partial charge in [-0.2, -0.15) is 75.5 Å². The molecule has 0 atom stereocenters. The van der Waals surface area contributed by atoms with Crippen molar-refractivity contribution in [2.24, 2.45) is 0 Å². The van der Waals surface area contributed by atoms with E-state index in [0.29, 0.717) is 48.1 Å². The van der Waals surface area contributed by atoms with Crippen LogP contribution >= 0.6 is 23.8 Å². The summed E-state index contributed by atoms with van der Waals surface area (Å²) in [5, 5.41) is 40.3. The van der Waals surface area contributed by atoms with Gasteiger partial charge in [0.25, 0.3) is 16.8 Å². The number of pyridine rings is 1. The summed E-state index contributed by atoms with van der Waals surface area (Å²) in [6, 6.07) is 28.4. The molecule has 12 rings (SSSR count). The minimum atomic E-state index is -4.71. The number of anilines is 7. The lowest BCUT2D eigenvalue weighted by atomic mass is 10.0. The number of nitro groups is 2. The number of nitrogens with two attached hydrogens (primary N) is 2. The van der Waals surface area contributed by atoms with Gasteiger partial charge in [0.2, 0.25) is 5.82 Å². The second kappa shape index (κ2) is 58.2. The average Bonchev–Trinajstić information content (AvgIpc) is 0.814. The fraction of sp³-hybridized carbons (Fsp3) is 0.494. The number of thiocarbonyl (C=S) groups is 1. The number of nitrogen functional groups attached to an aromatic ring is 2. The Bertz CT molecular complexity index is 4350. The van der Waals surface area contributed by atoms with E-state index in [-0.39, 0.29) is 33.9 Å². The van der Waals surface area contributed by atoms with Crippen LogP contribution in [0.15, 0.2) is 146 Å². The molecule has 1 saturated carbocycles. The molecular formula is C89H112ClF17N12O7S. The van der Waals surface area contributed by atoms with Crippen LogP contribution in [0.3, 0.4) is 0 Å². The van der Waals surface area contributed by atoms with Gasteiger partial charge in [0.05, 0.1) is 91.9 Å². The summed E-state index contributed by atoms with van der Waals surface area (Å²) in [6.45, 7) is 7.72. The molecule has 5 aliphatic rings. The smallest absolute Gasteiger partial charge is 0.400 e. The van der Waals surface area contributed by atoms with Gasteiger partial charge in [0.15, 0.2) is 5.11 Å². The first kappa shape index (κ1) is 109. The largest absolute Gasteiger partial charge is 0.416 e. The number of nitrogens with one attached hydrogen (secondary N) is 2. The third-order valence-electron chi connectivity index (χ3n) is 20.2. The summed E-state index contributed by atoms with van der Waals surface area (Å²) < 4.78 is 218. The van der Waals surface area contributed by atoms with E-state index < -0.39 is 104 Å². The first-order chi connectivity index (χ1) is 60.7. The highest BCUT2D eigenvalue weighted by Crippen LogP contribution is 2.41. The topological polar surface area (TPSA) is 266 Å². The number of halogens is 18. The number of rotatable bonds is 9. The molecule has 702 valence electrons. The first-order valence-corrected chi connectivity index (χ1v) is 42.3. The summed E-state index contributed by atoms with van der Waals surface area (Å²) in [5.74, 6) is -1.77. The van der Waals surface area contributed by atoms with Gasteiger partial charge < -0.3 is 41.5 Å². The van der Waals surface area contributed by atoms with Crippen molar-refractivity contribution in [1.29, 1.82) is 5.26 Å². The number of carbonyl (C=O) groups excluding carboxylic acids is 2. The minimum Gasteiger partial charge on any atom is -0.400 e. The zero-order chi connectivity index (χ0) is 95.5. The number of benzene rings is 6. The molecule has 127 heavy (non-hydrogen) atoms. The second-order valence-electron chi connectivity index (χ2n) is 29.5. The molecule has 1 amide bonds. The van der Waals surface area contributed by atoms with Gasteiger partial charge in [-0.25, -0.2) is 0 Å². The number of alkyl halides is 16. The maximum absolute atomic E-state index is 13.3. The number of aromatic nitrogens is 1. The van der Waals surface area contributed by atoms with Crippen LogP contribution in [0.5, 0.6) is 0 Å². The van der Waals surface area contributed by atoms with Crippen LogP contribution in [-0.2, 0) is 30.9 Å². The summed E-state index contributed by atoms with van der Waals surface area (Å²) in [5.41, 5.74) is 9.48. The van der Waals surface area contributed by atoms with Gasteiger partial charge in [-0.1, -0.05) is 159 Å². The van der Waals surface area contributed by atoms with Gasteiger partial charge in [0, 0.05) is 96.5 Å². The van der Waals surface area contributed by atoms with Crippen LogP contribution in [0.4, 0.5) is 126 Å². The lowest BCUT2D eigenvalue weighted by Crippen LogP contribution is -2.35. The van der Waals surface area contributed by atoms with Crippen molar-refractivity contribution in [2.45, 2.75) is 218 Å². The molecular weight excluding hydrogens is 1740 g/mol. The Kier molecular flexibility index (Phi) is 49.9. The molecule has 5 heterocycles. The molecule has 0 radical (unpaired) electrons. The summed E-state index contributed by atoms with van der Waals surface area (Å²) in [7, 11) is 0. The Morgan fingerprint density at radius 3 is 1.03 bits per heavy atom. The Hall–Kier alpha value is -10.4. The molecule has 1 aliphatic carbocycles. The number of amides is 1. The summed E-state index contributed by atoms with van der Waals surface area (Å²) in [6.07, 6.45) is 14.3. The number of hydrogen-bond donors (Lipinski definition) is 5. The highest BCUT2D eigenvalue weighted by Gasteiger charge is 2.37. The van der Waals surface area contributed by atoms with Crippen molar-refractivity contribution >= 4 is 91.3 Å². The van der Waals surface area contributed by atoms with Gasteiger partial charge in [0.1, 0.15) is 5.69 Å². The van der Waals surface area contributed by atoms with E-state index in [4.69, 9.17) is 47.0 Å². The number of nitro benzene ring substituents is 2. The molecule has 6 aromatic carbocycles. The van der Waals surface area contributed by atoms with Crippen molar-refractivity contribution in [1.82, 2.24) is 10.3 Å². The zero-order valence-electron chi connectivity index (χ0n) is 71.9. The van der Waals surface area contributed by atoms with E-state index >= 15 is 0 Å². The number of aliphatic hydroxyl groups excluding tert-OH is 1. The number of nitriles is 1. The first-order valence-electron chi connectivity index (χ1n) is 42.3. The van der Waals surface area contributed by atoms with Crippen molar-refractivity contribution in [3.63, 3.8) is 0 Å². The molecule has 0 bridgehead atoms. The lowest BCUT2D eigenvalue weighted by Gasteiger charge is -2.29. The van der Waals surface area contributed by atoms with E-state index in [9.17, 15) is 104 Å². The average molecular weight is 1850 g/mol. The molecule has 7 aromatic rings. The fourth-order valence-corrected chi connectivity index (χ4v) is 14.2. The molecule has 0 spiro atoms. The van der Waals surface area contributed by atoms with Gasteiger partial charge in [-0.3, -0.25) is 44.5 Å². The van der Waals surface area contributed by atoms with Crippen LogP contribution in [0, 0.1) is 37.4 Å². The van der Waals surface area contributed by atoms with Crippen LogP contribution in [0.1, 0.15) is 237 Å². The number of aliphatic hydroxyl groups is 1. The fourth-order valence-electron chi connectivity index (χ4n) is 13.8. The summed E-state index contributed by atoms with van der Waals surface area (Å²) >= 11 is 10.4. The van der Waals surface area contributed by atoms with Gasteiger partial charge in [-0.05, 0) is 166 Å². The zero-order valence-corrected chi connectivity index (χ0v) is 72.4. The normalized spacial score (nSPS) is 15.4. The van der Waals surface area contributed by atoms with E-state index in [2.05, 4.69) is 30.3 Å². The predicted molar refractivity (Wildman–Crippen MR) is 468 cm³/mol. The second-order valence-corrected chi connectivity index (χ2v) is 30.3. The highest BCUT2D eigenvalue weighted by atomic mass is 35.5. The Morgan fingerprint density at radius 1 is 0.457 bits per heavy atom. The quantitative estimate of drug-likeness (QED) is 0.0224. The summed E-state index contributed by atoms with van der Waals surface area (Å²) in [4.78, 5) is 53.9. The van der Waals surface area contributed by atoms with Crippen LogP contribution < -0.4 is 41.7 Å². The molecule has 7 N–H and O–H groups in total. The minimum absolute atomic E-state index is 0.0727. The van der Waals surface area contributed by atoms with E-state index in [1.807, 2.05) is 11.0 Å². The van der Waals surface area contributed by atoms with Crippen LogP contribution in [0.25, 0.3) is 0 Å². The number of nitrogens with zero attached hydrogens (tertiary/aromatic N) is 8. The van der Waals surface area contributed by atoms with Crippen molar-refractivity contribution in [3.05, 3.63) is 211 Å². The van der Waals surface area contributed by atoms with Crippen LogP contribution in [-0.4, -0.2) is 103 Å². The maximum atomic E-state index is 13.3. The third kappa shape index (κ3) is 42.0. The SMILES string of the molecule is C1CCCCCCC1.CC#N.CO.Nc1cc(C(F)(F)F)ccc1N1CCCCCCC1.Nc1cc(C(F)(F)F)ccc1N1CCCCCCC1.O=C(Cl)c1ccccc1.O=C(NC(=S)Nc1cc(C(F)(F)F)ccc1N1CCCCCCC1)c1cccnc1.O=[N+]([O-])c1cc(C(F)(F)F)ccc1F.O=[N+]([O-])c1cc(C(F)(F)F)ccc1N1CCCCCCC1.[2H]CF. The standard InChI is InChI=1S/C21H23F3N4OS.C14H17F3N2O2.2C14H19F3N2.C8H16.C7H5ClO.C7H3F4NO2.C2H3N.CH3F.CH4O/c22-21(23,24)16-8-9-18(28-11-4-2-1-3-5-12-28)17(13-16)26-20(30)27-19(29)15-7-6-10-25-14-15;15-14(16,17)11-6-7-12(13(10-11)19(20)21)18-8-4-2-1-3-5-9-18;2*15-14(16,17)11-6-7-13(12(18)10-11)19-8-4-2-1-3-5-9-19;1-2-4-6-8-7-5-3-1;8-7(9)6-4-2-1-3-5-6;8-5-2-1-4(7(9,10)11)3-6(5)12(13)14;1-2-3;2*1-2/h6-10,13-14H,1-5,11-12H2,(H2,26,27,29,30);6-7,10H,1-5,8-9H2;2*6-7,10H,1-5,8-9,18H2;1-8H2;1-5H;1-3H;1H3;1H3;2H,1H3/i;;;;;;;;1D;. The van der Waals surface area contributed by atoms with E-state index in [1.165, 1.54) is 140 Å². The maximum Gasteiger partial charge on any atom is 0.416 e. The lowest BCUT2D eigenvalue weighted by molar-refractivity contribution is -0.387. The van der Waals surface area contributed by atoms with Crippen molar-refractivity contribution < 1.29 is 101 Å². The number of carbonyl (C=O) groups is 2. The Balaban J connectivity index is 0.000000391. The Morgan fingerprint density at radius 2 is 0.732 bits per heavy atom. The van der Waals surface area contributed by atoms with E-state index in [1.54, 1.807) is 42.5 Å². The van der Waals surface area contributed by atoms with Crippen molar-refractivity contribution in [3.8, 4) is 6.07 Å². The molecule has 4 aliphatic heterocycles. The molecule has 38 heteroatoms. The monoisotopic (exact) mass is 1850 g/mol. The van der Waals surface area contributed by atoms with Crippen LogP contribution in [0.2, 0.25) is 0 Å². The molecule has 1 aromatic heterocycles. The molecule has 5 fully saturated rings.